The predicted molar refractivity (Wildman–Crippen MR) is 81.6 cm³/mol. The van der Waals surface area contributed by atoms with Gasteiger partial charge in [-0.1, -0.05) is 12.1 Å². The number of thioether (sulfide) groups is 1. The van der Waals surface area contributed by atoms with Crippen molar-refractivity contribution in [3.05, 3.63) is 29.8 Å². The maximum Gasteiger partial charge on any atom is 0.242 e. The zero-order chi connectivity index (χ0) is 13.7. The van der Waals surface area contributed by atoms with E-state index < -0.39 is 0 Å². The van der Waals surface area contributed by atoms with E-state index in [9.17, 15) is 4.79 Å². The molecule has 104 valence electrons. The van der Waals surface area contributed by atoms with Crippen LogP contribution in [-0.2, 0) is 11.3 Å². The third-order valence-corrected chi connectivity index (χ3v) is 4.02. The quantitative estimate of drug-likeness (QED) is 0.874. The first-order valence-corrected chi connectivity index (χ1v) is 7.66. The number of rotatable bonds is 4. The van der Waals surface area contributed by atoms with Crippen LogP contribution < -0.4 is 10.6 Å². The fourth-order valence-electron chi connectivity index (χ4n) is 2.02. The number of nitrogens with one attached hydrogen (secondary N) is 2. The zero-order valence-electron chi connectivity index (χ0n) is 11.5. The minimum Gasteiger partial charge on any atom is -0.325 e. The zero-order valence-corrected chi connectivity index (χ0v) is 12.3. The molecule has 0 radical (unpaired) electrons. The highest BCUT2D eigenvalue weighted by molar-refractivity contribution is 7.99. The molecule has 1 heterocycles. The van der Waals surface area contributed by atoms with Gasteiger partial charge < -0.3 is 15.5 Å². The number of hydrogen-bond donors (Lipinski definition) is 2. The Morgan fingerprint density at radius 3 is 2.74 bits per heavy atom. The van der Waals surface area contributed by atoms with Crippen LogP contribution in [0.5, 0.6) is 0 Å². The molecule has 2 rings (SSSR count). The summed E-state index contributed by atoms with van der Waals surface area (Å²) >= 11 is 1.82. The van der Waals surface area contributed by atoms with Crippen molar-refractivity contribution in [2.75, 3.05) is 37.5 Å². The highest BCUT2D eigenvalue weighted by Gasteiger charge is 2.20. The number of anilines is 1. The summed E-state index contributed by atoms with van der Waals surface area (Å²) in [6.45, 7) is 1.82. The van der Waals surface area contributed by atoms with Crippen molar-refractivity contribution in [2.24, 2.45) is 0 Å². The van der Waals surface area contributed by atoms with Crippen LogP contribution in [0.15, 0.2) is 24.3 Å². The molecular weight excluding hydrogens is 258 g/mol. The van der Waals surface area contributed by atoms with Gasteiger partial charge in [-0.25, -0.2) is 0 Å². The van der Waals surface area contributed by atoms with Crippen LogP contribution in [0.1, 0.15) is 5.56 Å². The van der Waals surface area contributed by atoms with Gasteiger partial charge in [0.25, 0.3) is 0 Å². The minimum atomic E-state index is -0.0693. The molecule has 1 aliphatic rings. The first-order valence-electron chi connectivity index (χ1n) is 6.51. The summed E-state index contributed by atoms with van der Waals surface area (Å²) in [4.78, 5) is 14.2. The second kappa shape index (κ2) is 6.93. The highest BCUT2D eigenvalue weighted by Crippen LogP contribution is 2.13. The molecule has 5 heteroatoms. The number of hydrogen-bond acceptors (Lipinski definition) is 4. The van der Waals surface area contributed by atoms with E-state index in [1.54, 1.807) is 0 Å². The Morgan fingerprint density at radius 2 is 2.16 bits per heavy atom. The number of carbonyl (C=O) groups excluding carboxylic acids is 1. The summed E-state index contributed by atoms with van der Waals surface area (Å²) in [5, 5.41) is 6.20. The van der Waals surface area contributed by atoms with Crippen molar-refractivity contribution in [3.8, 4) is 0 Å². The fourth-order valence-corrected chi connectivity index (χ4v) is 2.96. The first kappa shape index (κ1) is 14.4. The second-order valence-electron chi connectivity index (χ2n) is 5.01. The van der Waals surface area contributed by atoms with Crippen LogP contribution >= 0.6 is 11.8 Å². The summed E-state index contributed by atoms with van der Waals surface area (Å²) in [5.41, 5.74) is 2.11. The average Bonchev–Trinajstić information content (AvgIpc) is 2.41. The maximum absolute atomic E-state index is 12.0. The Balaban J connectivity index is 1.89. The molecule has 1 amide bonds. The maximum atomic E-state index is 12.0. The van der Waals surface area contributed by atoms with Crippen molar-refractivity contribution >= 4 is 23.4 Å². The van der Waals surface area contributed by atoms with Gasteiger partial charge in [-0.15, -0.1) is 0 Å². The van der Waals surface area contributed by atoms with Gasteiger partial charge in [0.05, 0.1) is 6.04 Å². The number of amides is 1. The van der Waals surface area contributed by atoms with Gasteiger partial charge in [0, 0.05) is 30.3 Å². The van der Waals surface area contributed by atoms with Crippen LogP contribution in [0.3, 0.4) is 0 Å². The lowest BCUT2D eigenvalue weighted by Gasteiger charge is -2.22. The monoisotopic (exact) mass is 279 g/mol. The van der Waals surface area contributed by atoms with Crippen molar-refractivity contribution in [1.82, 2.24) is 10.2 Å². The van der Waals surface area contributed by atoms with Crippen molar-refractivity contribution in [2.45, 2.75) is 12.6 Å². The van der Waals surface area contributed by atoms with Crippen LogP contribution in [0.2, 0.25) is 0 Å². The van der Waals surface area contributed by atoms with Gasteiger partial charge in [-0.2, -0.15) is 11.8 Å². The smallest absolute Gasteiger partial charge is 0.242 e. The molecule has 1 aromatic rings. The molecule has 0 aliphatic carbocycles. The van der Waals surface area contributed by atoms with E-state index in [4.69, 9.17) is 0 Å². The number of nitrogens with zero attached hydrogens (tertiary/aromatic N) is 1. The molecule has 0 aromatic heterocycles. The van der Waals surface area contributed by atoms with Crippen molar-refractivity contribution in [3.63, 3.8) is 0 Å². The molecule has 1 aliphatic heterocycles. The molecule has 4 nitrogen and oxygen atoms in total. The lowest BCUT2D eigenvalue weighted by atomic mass is 10.2. The van der Waals surface area contributed by atoms with E-state index >= 15 is 0 Å². The Hall–Kier alpha value is -1.04. The summed E-state index contributed by atoms with van der Waals surface area (Å²) < 4.78 is 0. The molecule has 1 fully saturated rings. The van der Waals surface area contributed by atoms with E-state index in [2.05, 4.69) is 27.7 Å². The van der Waals surface area contributed by atoms with Crippen LogP contribution in [0.4, 0.5) is 5.69 Å². The summed E-state index contributed by atoms with van der Waals surface area (Å²) in [5.74, 6) is 2.00. The molecule has 2 N–H and O–H groups in total. The lowest BCUT2D eigenvalue weighted by molar-refractivity contribution is -0.117. The topological polar surface area (TPSA) is 44.4 Å². The van der Waals surface area contributed by atoms with E-state index in [0.29, 0.717) is 0 Å². The molecule has 19 heavy (non-hydrogen) atoms. The van der Waals surface area contributed by atoms with Gasteiger partial charge in [-0.3, -0.25) is 4.79 Å². The third-order valence-electron chi connectivity index (χ3n) is 2.96. The van der Waals surface area contributed by atoms with Gasteiger partial charge >= 0.3 is 0 Å². The standard InChI is InChI=1S/C14H21N3OS/c1-17(2)9-11-3-5-12(6-4-11)16-14(18)13-10-19-8-7-15-13/h3-6,13,15H,7-10H2,1-2H3,(H,16,18). The molecule has 0 bridgehead atoms. The molecule has 1 saturated heterocycles. The fraction of sp³-hybridized carbons (Fsp3) is 0.500. The molecule has 0 saturated carbocycles. The highest BCUT2D eigenvalue weighted by atomic mass is 32.2. The van der Waals surface area contributed by atoms with E-state index in [1.165, 1.54) is 5.56 Å². The van der Waals surface area contributed by atoms with Crippen molar-refractivity contribution in [1.29, 1.82) is 0 Å². The van der Waals surface area contributed by atoms with E-state index in [0.717, 1.165) is 30.3 Å². The van der Waals surface area contributed by atoms with E-state index in [1.807, 2.05) is 38.0 Å². The van der Waals surface area contributed by atoms with Gasteiger partial charge in [0.1, 0.15) is 0 Å². The average molecular weight is 279 g/mol. The third kappa shape index (κ3) is 4.53. The normalized spacial score (nSPS) is 19.4. The SMILES string of the molecule is CN(C)Cc1ccc(NC(=O)C2CSCCN2)cc1. The molecule has 0 spiro atoms. The Kier molecular flexibility index (Phi) is 5.24. The number of benzene rings is 1. The largest absolute Gasteiger partial charge is 0.325 e. The molecule has 1 aromatic carbocycles. The van der Waals surface area contributed by atoms with Gasteiger partial charge in [-0.05, 0) is 31.8 Å². The van der Waals surface area contributed by atoms with Crippen LogP contribution in [0.25, 0.3) is 0 Å². The van der Waals surface area contributed by atoms with Gasteiger partial charge in [0.2, 0.25) is 5.91 Å². The van der Waals surface area contributed by atoms with Gasteiger partial charge in [0.15, 0.2) is 0 Å². The Bertz CT molecular complexity index is 413. The predicted octanol–water partition coefficient (Wildman–Crippen LogP) is 1.39. The summed E-state index contributed by atoms with van der Waals surface area (Å²) in [7, 11) is 4.09. The number of carbonyl (C=O) groups is 1. The summed E-state index contributed by atoms with van der Waals surface area (Å²) in [6.07, 6.45) is 0. The van der Waals surface area contributed by atoms with Crippen LogP contribution in [0, 0.1) is 0 Å². The Morgan fingerprint density at radius 1 is 1.42 bits per heavy atom. The minimum absolute atomic E-state index is 0.0626. The van der Waals surface area contributed by atoms with E-state index in [-0.39, 0.29) is 11.9 Å². The summed E-state index contributed by atoms with van der Waals surface area (Å²) in [6, 6.07) is 7.97. The molecular formula is C14H21N3OS. The second-order valence-corrected chi connectivity index (χ2v) is 6.16. The first-order chi connectivity index (χ1) is 9.15. The Labute approximate surface area is 118 Å². The van der Waals surface area contributed by atoms with Crippen molar-refractivity contribution < 1.29 is 4.79 Å². The molecule has 1 unspecified atom stereocenters. The lowest BCUT2D eigenvalue weighted by Crippen LogP contribution is -2.46. The van der Waals surface area contributed by atoms with Crippen LogP contribution in [-0.4, -0.2) is 49.0 Å². The molecule has 1 atom stereocenters.